The number of rotatable bonds is 3. The molecule has 0 radical (unpaired) electrons. The number of nitrogens with one attached hydrogen (secondary N) is 1. The third kappa shape index (κ3) is 1.44. The second-order valence-corrected chi connectivity index (χ2v) is 3.31. The van der Waals surface area contributed by atoms with Gasteiger partial charge in [0.15, 0.2) is 12.6 Å². The second-order valence-electron chi connectivity index (χ2n) is 3.31. The van der Waals surface area contributed by atoms with E-state index in [1.54, 1.807) is 13.8 Å². The lowest BCUT2D eigenvalue weighted by Gasteiger charge is -1.91. The highest BCUT2D eigenvalue weighted by Gasteiger charge is 2.18. The summed E-state index contributed by atoms with van der Waals surface area (Å²) in [6.45, 7) is 3.32. The minimum Gasteiger partial charge on any atom is -0.420 e. The van der Waals surface area contributed by atoms with E-state index in [0.29, 0.717) is 41.0 Å². The van der Waals surface area contributed by atoms with Crippen LogP contribution in [0, 0.1) is 13.8 Å². The van der Waals surface area contributed by atoms with Crippen molar-refractivity contribution in [3.8, 4) is 11.6 Å². The number of hydrogen-bond acceptors (Lipinski definition) is 5. The third-order valence-electron chi connectivity index (χ3n) is 2.31. The molecule has 0 aliphatic carbocycles. The van der Waals surface area contributed by atoms with Gasteiger partial charge in [-0.25, -0.2) is 0 Å². The average molecular weight is 219 g/mol. The molecular formula is C10H9N3O3. The molecule has 6 heteroatoms. The monoisotopic (exact) mass is 219 g/mol. The molecule has 82 valence electrons. The van der Waals surface area contributed by atoms with Crippen LogP contribution in [0.15, 0.2) is 4.42 Å². The van der Waals surface area contributed by atoms with E-state index >= 15 is 0 Å². The number of carbonyl (C=O) groups excluding carboxylic acids is 2. The fourth-order valence-electron chi connectivity index (χ4n) is 1.46. The summed E-state index contributed by atoms with van der Waals surface area (Å²) in [7, 11) is 0. The standard InChI is InChI=1S/C10H9N3O3/c1-5-7(3-14)9(11-8(5)4-15)10-13-12-6(2)16-10/h3-4,11H,1-2H3. The summed E-state index contributed by atoms with van der Waals surface area (Å²) in [4.78, 5) is 24.4. The zero-order valence-electron chi connectivity index (χ0n) is 8.77. The molecule has 0 saturated heterocycles. The SMILES string of the molecule is Cc1nnc(-c2[nH]c(C=O)c(C)c2C=O)o1. The van der Waals surface area contributed by atoms with Crippen LogP contribution in [0.4, 0.5) is 0 Å². The maximum Gasteiger partial charge on any atom is 0.264 e. The molecule has 2 rings (SSSR count). The van der Waals surface area contributed by atoms with Crippen molar-refractivity contribution >= 4 is 12.6 Å². The van der Waals surface area contributed by atoms with Crippen molar-refractivity contribution in [3.05, 3.63) is 22.7 Å². The molecule has 0 fully saturated rings. The smallest absolute Gasteiger partial charge is 0.264 e. The predicted octanol–water partition coefficient (Wildman–Crippen LogP) is 1.31. The highest BCUT2D eigenvalue weighted by molar-refractivity contribution is 5.91. The lowest BCUT2D eigenvalue weighted by Crippen LogP contribution is -1.86. The molecule has 16 heavy (non-hydrogen) atoms. The minimum absolute atomic E-state index is 0.204. The van der Waals surface area contributed by atoms with Crippen LogP contribution in [0.2, 0.25) is 0 Å². The molecule has 0 amide bonds. The van der Waals surface area contributed by atoms with Crippen molar-refractivity contribution in [2.24, 2.45) is 0 Å². The van der Waals surface area contributed by atoms with E-state index in [2.05, 4.69) is 15.2 Å². The van der Waals surface area contributed by atoms with Gasteiger partial charge in [-0.15, -0.1) is 10.2 Å². The number of aryl methyl sites for hydroxylation is 1. The third-order valence-corrected chi connectivity index (χ3v) is 2.31. The number of aromatic amines is 1. The molecule has 0 saturated carbocycles. The quantitative estimate of drug-likeness (QED) is 0.786. The lowest BCUT2D eigenvalue weighted by atomic mass is 10.1. The highest BCUT2D eigenvalue weighted by Crippen LogP contribution is 2.24. The molecule has 6 nitrogen and oxygen atoms in total. The van der Waals surface area contributed by atoms with Crippen molar-refractivity contribution < 1.29 is 14.0 Å². The summed E-state index contributed by atoms with van der Waals surface area (Å²) in [5, 5.41) is 7.45. The number of H-pyrrole nitrogens is 1. The summed E-state index contributed by atoms with van der Waals surface area (Å²) in [5.41, 5.74) is 1.67. The van der Waals surface area contributed by atoms with Crippen molar-refractivity contribution in [1.29, 1.82) is 0 Å². The molecule has 2 heterocycles. The molecule has 0 spiro atoms. The van der Waals surface area contributed by atoms with E-state index in [-0.39, 0.29) is 5.89 Å². The van der Waals surface area contributed by atoms with Crippen molar-refractivity contribution in [2.45, 2.75) is 13.8 Å². The first-order valence-corrected chi connectivity index (χ1v) is 4.60. The fourth-order valence-corrected chi connectivity index (χ4v) is 1.46. The Labute approximate surface area is 90.7 Å². The van der Waals surface area contributed by atoms with Crippen LogP contribution in [-0.2, 0) is 0 Å². The number of nitrogens with zero attached hydrogens (tertiary/aromatic N) is 2. The van der Waals surface area contributed by atoms with Gasteiger partial charge >= 0.3 is 0 Å². The first kappa shape index (κ1) is 10.3. The van der Waals surface area contributed by atoms with Gasteiger partial charge in [0.05, 0.1) is 5.69 Å². The molecule has 0 atom stereocenters. The molecule has 0 aromatic carbocycles. The van der Waals surface area contributed by atoms with Gasteiger partial charge in [-0.2, -0.15) is 0 Å². The Morgan fingerprint density at radius 2 is 1.94 bits per heavy atom. The molecular weight excluding hydrogens is 210 g/mol. The van der Waals surface area contributed by atoms with Gasteiger partial charge in [0.1, 0.15) is 5.69 Å². The van der Waals surface area contributed by atoms with Crippen LogP contribution in [-0.4, -0.2) is 27.8 Å². The van der Waals surface area contributed by atoms with Gasteiger partial charge in [0.2, 0.25) is 5.89 Å². The first-order chi connectivity index (χ1) is 7.67. The number of carbonyl (C=O) groups is 2. The summed E-state index contributed by atoms with van der Waals surface area (Å²) < 4.78 is 5.20. The van der Waals surface area contributed by atoms with Gasteiger partial charge < -0.3 is 9.40 Å². The van der Waals surface area contributed by atoms with Gasteiger partial charge in [0, 0.05) is 12.5 Å². The van der Waals surface area contributed by atoms with Crippen LogP contribution in [0.1, 0.15) is 32.3 Å². The largest absolute Gasteiger partial charge is 0.420 e. The summed E-state index contributed by atoms with van der Waals surface area (Å²) in [6, 6.07) is 0. The maximum absolute atomic E-state index is 10.9. The molecule has 1 N–H and O–H groups in total. The van der Waals surface area contributed by atoms with Gasteiger partial charge in [-0.1, -0.05) is 0 Å². The summed E-state index contributed by atoms with van der Waals surface area (Å²) in [6.07, 6.45) is 1.31. The van der Waals surface area contributed by atoms with E-state index in [1.807, 2.05) is 0 Å². The Balaban J connectivity index is 2.64. The van der Waals surface area contributed by atoms with Crippen molar-refractivity contribution in [2.75, 3.05) is 0 Å². The predicted molar refractivity (Wildman–Crippen MR) is 54.3 cm³/mol. The highest BCUT2D eigenvalue weighted by atomic mass is 16.4. The maximum atomic E-state index is 10.9. The number of aldehydes is 2. The van der Waals surface area contributed by atoms with Crippen LogP contribution in [0.5, 0.6) is 0 Å². The average Bonchev–Trinajstić information content (AvgIpc) is 2.82. The van der Waals surface area contributed by atoms with E-state index in [9.17, 15) is 9.59 Å². The summed E-state index contributed by atoms with van der Waals surface area (Å²) >= 11 is 0. The second kappa shape index (κ2) is 3.73. The Hall–Kier alpha value is -2.24. The summed E-state index contributed by atoms with van der Waals surface area (Å²) in [5.74, 6) is 0.600. The normalized spacial score (nSPS) is 10.4. The zero-order valence-corrected chi connectivity index (χ0v) is 8.77. The molecule has 0 aliphatic heterocycles. The Morgan fingerprint density at radius 3 is 2.44 bits per heavy atom. The molecule has 2 aromatic rings. The van der Waals surface area contributed by atoms with E-state index in [1.165, 1.54) is 0 Å². The first-order valence-electron chi connectivity index (χ1n) is 4.60. The minimum atomic E-state index is 0.204. The van der Waals surface area contributed by atoms with Gasteiger partial charge in [0.25, 0.3) is 5.89 Å². The van der Waals surface area contributed by atoms with Crippen LogP contribution in [0.3, 0.4) is 0 Å². The molecule has 0 bridgehead atoms. The Bertz CT molecular complexity index is 554. The van der Waals surface area contributed by atoms with Crippen molar-refractivity contribution in [1.82, 2.24) is 15.2 Å². The van der Waals surface area contributed by atoms with Crippen LogP contribution in [0.25, 0.3) is 11.6 Å². The number of hydrogen-bond donors (Lipinski definition) is 1. The topological polar surface area (TPSA) is 88.9 Å². The molecule has 0 aliphatic rings. The number of aromatic nitrogens is 3. The molecule has 2 aromatic heterocycles. The zero-order chi connectivity index (χ0) is 11.7. The van der Waals surface area contributed by atoms with E-state index in [4.69, 9.17) is 4.42 Å². The van der Waals surface area contributed by atoms with Crippen LogP contribution >= 0.6 is 0 Å². The van der Waals surface area contributed by atoms with E-state index < -0.39 is 0 Å². The van der Waals surface area contributed by atoms with Crippen molar-refractivity contribution in [3.63, 3.8) is 0 Å². The lowest BCUT2D eigenvalue weighted by molar-refractivity contribution is 0.111. The van der Waals surface area contributed by atoms with Gasteiger partial charge in [-0.3, -0.25) is 9.59 Å². The Morgan fingerprint density at radius 1 is 1.19 bits per heavy atom. The molecule has 0 unspecified atom stereocenters. The van der Waals surface area contributed by atoms with Crippen LogP contribution < -0.4 is 0 Å². The Kier molecular flexibility index (Phi) is 2.40. The fraction of sp³-hybridized carbons (Fsp3) is 0.200. The van der Waals surface area contributed by atoms with E-state index in [0.717, 1.165) is 0 Å². The van der Waals surface area contributed by atoms with Gasteiger partial charge in [-0.05, 0) is 12.5 Å².